The molecule has 40 heavy (non-hydrogen) atoms. The van der Waals surface area contributed by atoms with Crippen molar-refractivity contribution in [2.24, 2.45) is 0 Å². The number of nitrogens with one attached hydrogen (secondary N) is 4. The molecular weight excluding hydrogens is 524 g/mol. The molecule has 3 aromatic rings. The number of hydrogen-bond donors (Lipinski definition) is 4. The second-order valence-electron chi connectivity index (χ2n) is 9.90. The van der Waals surface area contributed by atoms with E-state index in [0.717, 1.165) is 30.4 Å². The van der Waals surface area contributed by atoms with Crippen LogP contribution in [0.1, 0.15) is 56.6 Å². The second-order valence-corrected chi connectivity index (χ2v) is 11.6. The highest BCUT2D eigenvalue weighted by atomic mass is 32.2. The van der Waals surface area contributed by atoms with Gasteiger partial charge in [0, 0.05) is 24.3 Å². The Labute approximate surface area is 238 Å². The molecular formula is C31H40N4O4S. The van der Waals surface area contributed by atoms with Crippen LogP contribution in [0.3, 0.4) is 0 Å². The standard InChI is InChI=1S/C31H40N4O4S/c1-3-4-5-6-7-11-22-32-30(36)29(23-25-12-9-8-10-13-25)34-31(37)33-26-16-18-27(19-17-26)35-40(38,39)28-20-14-24(2)15-21-28/h8-10,12-21,29,35H,3-7,11,22-23H2,1-2H3,(H,32,36)(H2,33,34,37)/t29-/m1/s1. The van der Waals surface area contributed by atoms with E-state index in [2.05, 4.69) is 27.6 Å². The molecule has 0 fully saturated rings. The number of amides is 3. The first-order valence-electron chi connectivity index (χ1n) is 13.9. The minimum absolute atomic E-state index is 0.166. The van der Waals surface area contributed by atoms with Crippen molar-refractivity contribution in [3.63, 3.8) is 0 Å². The highest BCUT2D eigenvalue weighted by molar-refractivity contribution is 7.92. The largest absolute Gasteiger partial charge is 0.354 e. The number of carbonyl (C=O) groups excluding carboxylic acids is 2. The third kappa shape index (κ3) is 10.4. The lowest BCUT2D eigenvalue weighted by Crippen LogP contribution is -2.49. The maximum atomic E-state index is 13.0. The fourth-order valence-corrected chi connectivity index (χ4v) is 5.24. The van der Waals surface area contributed by atoms with Crippen LogP contribution in [-0.2, 0) is 21.2 Å². The lowest BCUT2D eigenvalue weighted by molar-refractivity contribution is -0.122. The lowest BCUT2D eigenvalue weighted by Gasteiger charge is -2.19. The Hall–Kier alpha value is -3.85. The van der Waals surface area contributed by atoms with Crippen molar-refractivity contribution in [3.05, 3.63) is 90.0 Å². The van der Waals surface area contributed by atoms with Gasteiger partial charge >= 0.3 is 6.03 Å². The quantitative estimate of drug-likeness (QED) is 0.169. The van der Waals surface area contributed by atoms with Gasteiger partial charge in [0.15, 0.2) is 0 Å². The summed E-state index contributed by atoms with van der Waals surface area (Å²) in [6.45, 7) is 4.64. The molecule has 0 bridgehead atoms. The Morgan fingerprint density at radius 3 is 2.08 bits per heavy atom. The van der Waals surface area contributed by atoms with Crippen LogP contribution in [0.2, 0.25) is 0 Å². The Morgan fingerprint density at radius 2 is 1.40 bits per heavy atom. The summed E-state index contributed by atoms with van der Waals surface area (Å²) < 4.78 is 27.8. The van der Waals surface area contributed by atoms with Crippen LogP contribution >= 0.6 is 0 Å². The van der Waals surface area contributed by atoms with E-state index in [-0.39, 0.29) is 10.8 Å². The number of anilines is 2. The summed E-state index contributed by atoms with van der Waals surface area (Å²) >= 11 is 0. The first-order chi connectivity index (χ1) is 19.3. The van der Waals surface area contributed by atoms with Gasteiger partial charge in [-0.2, -0.15) is 0 Å². The molecule has 0 saturated heterocycles. The molecule has 0 aliphatic rings. The summed E-state index contributed by atoms with van der Waals surface area (Å²) in [7, 11) is -3.73. The zero-order valence-corrected chi connectivity index (χ0v) is 24.1. The van der Waals surface area contributed by atoms with Gasteiger partial charge in [0.05, 0.1) is 4.90 Å². The summed E-state index contributed by atoms with van der Waals surface area (Å²) in [5, 5.41) is 8.48. The highest BCUT2D eigenvalue weighted by Crippen LogP contribution is 2.19. The lowest BCUT2D eigenvalue weighted by atomic mass is 10.1. The fourth-order valence-electron chi connectivity index (χ4n) is 4.18. The number of rotatable bonds is 15. The number of benzene rings is 3. The minimum atomic E-state index is -3.73. The molecule has 3 amide bonds. The normalized spacial score (nSPS) is 11.8. The molecule has 0 aromatic heterocycles. The van der Waals surface area contributed by atoms with Crippen molar-refractivity contribution in [3.8, 4) is 0 Å². The average Bonchev–Trinajstić information content (AvgIpc) is 2.94. The number of urea groups is 1. The van der Waals surface area contributed by atoms with Crippen molar-refractivity contribution >= 4 is 33.3 Å². The molecule has 0 radical (unpaired) electrons. The zero-order chi connectivity index (χ0) is 28.8. The van der Waals surface area contributed by atoms with Crippen LogP contribution in [0.15, 0.2) is 83.8 Å². The van der Waals surface area contributed by atoms with E-state index in [0.29, 0.717) is 24.3 Å². The van der Waals surface area contributed by atoms with Crippen LogP contribution in [0.4, 0.5) is 16.2 Å². The minimum Gasteiger partial charge on any atom is -0.354 e. The summed E-state index contributed by atoms with van der Waals surface area (Å²) in [4.78, 5) is 25.9. The predicted octanol–water partition coefficient (Wildman–Crippen LogP) is 6.01. The van der Waals surface area contributed by atoms with Crippen LogP contribution in [0, 0.1) is 6.92 Å². The van der Waals surface area contributed by atoms with Crippen molar-refractivity contribution in [1.29, 1.82) is 0 Å². The number of unbranched alkanes of at least 4 members (excludes halogenated alkanes) is 5. The first kappa shape index (κ1) is 30.7. The van der Waals surface area contributed by atoms with E-state index in [1.54, 1.807) is 48.5 Å². The van der Waals surface area contributed by atoms with Gasteiger partial charge in [0.1, 0.15) is 6.04 Å². The molecule has 0 heterocycles. The molecule has 0 unspecified atom stereocenters. The molecule has 0 aliphatic heterocycles. The van der Waals surface area contributed by atoms with Gasteiger partial charge in [-0.1, -0.05) is 87.1 Å². The Balaban J connectivity index is 1.56. The molecule has 4 N–H and O–H groups in total. The van der Waals surface area contributed by atoms with Crippen molar-refractivity contribution < 1.29 is 18.0 Å². The number of hydrogen-bond acceptors (Lipinski definition) is 4. The first-order valence-corrected chi connectivity index (χ1v) is 15.3. The molecule has 0 aliphatic carbocycles. The van der Waals surface area contributed by atoms with Gasteiger partial charge in [0.2, 0.25) is 5.91 Å². The van der Waals surface area contributed by atoms with Gasteiger partial charge in [-0.25, -0.2) is 13.2 Å². The van der Waals surface area contributed by atoms with E-state index >= 15 is 0 Å². The fraction of sp³-hybridized carbons (Fsp3) is 0.355. The van der Waals surface area contributed by atoms with Gasteiger partial charge < -0.3 is 16.0 Å². The van der Waals surface area contributed by atoms with Gasteiger partial charge in [-0.3, -0.25) is 9.52 Å². The molecule has 214 valence electrons. The topological polar surface area (TPSA) is 116 Å². The van der Waals surface area contributed by atoms with Crippen LogP contribution in [0.5, 0.6) is 0 Å². The van der Waals surface area contributed by atoms with Gasteiger partial charge in [0.25, 0.3) is 10.0 Å². The zero-order valence-electron chi connectivity index (χ0n) is 23.3. The Morgan fingerprint density at radius 1 is 0.775 bits per heavy atom. The van der Waals surface area contributed by atoms with E-state index in [4.69, 9.17) is 0 Å². The van der Waals surface area contributed by atoms with Crippen LogP contribution in [0.25, 0.3) is 0 Å². The third-order valence-electron chi connectivity index (χ3n) is 6.46. The van der Waals surface area contributed by atoms with E-state index < -0.39 is 22.1 Å². The Kier molecular flexibility index (Phi) is 12.0. The van der Waals surface area contributed by atoms with Gasteiger partial charge in [-0.05, 0) is 55.3 Å². The molecule has 8 nitrogen and oxygen atoms in total. The summed E-state index contributed by atoms with van der Waals surface area (Å²) in [5.74, 6) is -0.228. The van der Waals surface area contributed by atoms with Crippen molar-refractivity contribution in [2.45, 2.75) is 69.7 Å². The predicted molar refractivity (Wildman–Crippen MR) is 161 cm³/mol. The summed E-state index contributed by atoms with van der Waals surface area (Å²) in [6.07, 6.45) is 7.12. The molecule has 3 aromatic carbocycles. The SMILES string of the molecule is CCCCCCCCNC(=O)[C@@H](Cc1ccccc1)NC(=O)Nc1ccc(NS(=O)(=O)c2ccc(C)cc2)cc1. The molecule has 3 rings (SSSR count). The number of sulfonamides is 1. The third-order valence-corrected chi connectivity index (χ3v) is 7.86. The number of carbonyl (C=O) groups is 2. The van der Waals surface area contributed by atoms with E-state index in [1.807, 2.05) is 37.3 Å². The molecule has 0 spiro atoms. The summed E-state index contributed by atoms with van der Waals surface area (Å²) in [5.41, 5.74) is 2.73. The van der Waals surface area contributed by atoms with Gasteiger partial charge in [-0.15, -0.1) is 0 Å². The molecule has 9 heteroatoms. The molecule has 1 atom stereocenters. The smallest absolute Gasteiger partial charge is 0.319 e. The Bertz CT molecular complexity index is 1310. The monoisotopic (exact) mass is 564 g/mol. The van der Waals surface area contributed by atoms with Crippen LogP contribution < -0.4 is 20.7 Å². The number of aryl methyl sites for hydroxylation is 1. The van der Waals surface area contributed by atoms with E-state index in [9.17, 15) is 18.0 Å². The average molecular weight is 565 g/mol. The summed E-state index contributed by atoms with van der Waals surface area (Å²) in [6, 6.07) is 21.2. The maximum absolute atomic E-state index is 13.0. The highest BCUT2D eigenvalue weighted by Gasteiger charge is 2.21. The molecule has 0 saturated carbocycles. The van der Waals surface area contributed by atoms with Crippen molar-refractivity contribution in [2.75, 3.05) is 16.6 Å². The van der Waals surface area contributed by atoms with Crippen LogP contribution in [-0.4, -0.2) is 32.9 Å². The second kappa shape index (κ2) is 15.7. The van der Waals surface area contributed by atoms with Crippen molar-refractivity contribution in [1.82, 2.24) is 10.6 Å². The van der Waals surface area contributed by atoms with E-state index in [1.165, 1.54) is 19.3 Å². The maximum Gasteiger partial charge on any atom is 0.319 e.